The summed E-state index contributed by atoms with van der Waals surface area (Å²) in [5.74, 6) is -0.652. The molecule has 0 aromatic heterocycles. The number of benzene rings is 6. The quantitative estimate of drug-likeness (QED) is 0.179. The SMILES string of the molecule is Cc1cc(-c2ccc(Cc3ccc(-c4ccc(-c5ccc(C#N)cc5)c(C)c4)c(F)c3)cc2F)ccc1-c1ccc(C#N)cc1.NCN. The summed E-state index contributed by atoms with van der Waals surface area (Å²) in [4.78, 5) is 0. The van der Waals surface area contributed by atoms with Crippen LogP contribution in [0.2, 0.25) is 0 Å². The summed E-state index contributed by atoms with van der Waals surface area (Å²) < 4.78 is 30.7. The highest BCUT2D eigenvalue weighted by Crippen LogP contribution is 2.33. The molecule has 6 aromatic rings. The lowest BCUT2D eigenvalue weighted by Gasteiger charge is -2.12. The van der Waals surface area contributed by atoms with Gasteiger partial charge < -0.3 is 11.5 Å². The predicted octanol–water partition coefficient (Wildman–Crippen LogP) is 9.45. The molecular formula is C42H34F2N4. The Balaban J connectivity index is 0.00000145. The summed E-state index contributed by atoms with van der Waals surface area (Å²) in [6, 6.07) is 41.2. The van der Waals surface area contributed by atoms with Crippen LogP contribution >= 0.6 is 0 Å². The van der Waals surface area contributed by atoms with E-state index in [-0.39, 0.29) is 18.3 Å². The molecule has 0 fully saturated rings. The third-order valence-corrected chi connectivity index (χ3v) is 8.20. The Morgan fingerprint density at radius 2 is 0.812 bits per heavy atom. The van der Waals surface area contributed by atoms with Crippen molar-refractivity contribution in [3.05, 3.63) is 166 Å². The monoisotopic (exact) mass is 632 g/mol. The van der Waals surface area contributed by atoms with Crippen LogP contribution < -0.4 is 11.5 Å². The molecule has 0 aliphatic carbocycles. The van der Waals surface area contributed by atoms with Crippen LogP contribution in [0.25, 0.3) is 44.5 Å². The summed E-state index contributed by atoms with van der Waals surface area (Å²) in [6.45, 7) is 4.24. The van der Waals surface area contributed by atoms with Crippen LogP contribution in [0, 0.1) is 48.1 Å². The van der Waals surface area contributed by atoms with Gasteiger partial charge in [-0.1, -0.05) is 84.9 Å². The van der Waals surface area contributed by atoms with E-state index in [4.69, 9.17) is 10.5 Å². The lowest BCUT2D eigenvalue weighted by atomic mass is 9.93. The molecule has 6 heteroatoms. The molecule has 0 amide bonds. The number of halogens is 2. The van der Waals surface area contributed by atoms with Gasteiger partial charge in [0.05, 0.1) is 23.3 Å². The van der Waals surface area contributed by atoms with Crippen LogP contribution in [0.1, 0.15) is 33.4 Å². The van der Waals surface area contributed by atoms with Crippen molar-refractivity contribution in [2.24, 2.45) is 11.5 Å². The number of nitrogens with two attached hydrogens (primary N) is 2. The highest BCUT2D eigenvalue weighted by atomic mass is 19.1. The van der Waals surface area contributed by atoms with Crippen LogP contribution in [0.15, 0.2) is 121 Å². The number of aryl methyl sites for hydroxylation is 2. The molecule has 48 heavy (non-hydrogen) atoms. The van der Waals surface area contributed by atoms with Gasteiger partial charge in [-0.15, -0.1) is 0 Å². The van der Waals surface area contributed by atoms with Crippen molar-refractivity contribution in [2.75, 3.05) is 6.67 Å². The van der Waals surface area contributed by atoms with Crippen LogP contribution in [-0.4, -0.2) is 6.67 Å². The van der Waals surface area contributed by atoms with Crippen molar-refractivity contribution in [2.45, 2.75) is 20.3 Å². The van der Waals surface area contributed by atoms with Crippen LogP contribution in [0.5, 0.6) is 0 Å². The van der Waals surface area contributed by atoms with Gasteiger partial charge in [-0.25, -0.2) is 8.78 Å². The van der Waals surface area contributed by atoms with E-state index in [2.05, 4.69) is 23.6 Å². The zero-order valence-corrected chi connectivity index (χ0v) is 26.8. The number of hydrogen-bond donors (Lipinski definition) is 2. The second-order valence-corrected chi connectivity index (χ2v) is 11.5. The molecule has 0 unspecified atom stereocenters. The molecule has 0 bridgehead atoms. The molecule has 0 heterocycles. The van der Waals surface area contributed by atoms with Gasteiger partial charge in [0, 0.05) is 17.8 Å². The van der Waals surface area contributed by atoms with Crippen molar-refractivity contribution in [1.82, 2.24) is 0 Å². The van der Waals surface area contributed by atoms with Gasteiger partial charge in [0.1, 0.15) is 11.6 Å². The average molecular weight is 633 g/mol. The normalized spacial score (nSPS) is 10.4. The molecule has 236 valence electrons. The predicted molar refractivity (Wildman–Crippen MR) is 189 cm³/mol. The Labute approximate surface area is 280 Å². The Morgan fingerprint density at radius 3 is 1.12 bits per heavy atom. The largest absolute Gasteiger partial charge is 0.319 e. The van der Waals surface area contributed by atoms with Crippen molar-refractivity contribution >= 4 is 0 Å². The van der Waals surface area contributed by atoms with Gasteiger partial charge in [-0.3, -0.25) is 0 Å². The first-order chi connectivity index (χ1) is 23.2. The van der Waals surface area contributed by atoms with Gasteiger partial charge in [-0.05, 0) is 112 Å². The van der Waals surface area contributed by atoms with Crippen molar-refractivity contribution in [1.29, 1.82) is 10.5 Å². The molecule has 0 radical (unpaired) electrons. The summed E-state index contributed by atoms with van der Waals surface area (Å²) >= 11 is 0. The van der Waals surface area contributed by atoms with Gasteiger partial charge in [0.2, 0.25) is 0 Å². The Bertz CT molecular complexity index is 2000. The Hall–Kier alpha value is -5.92. The summed E-state index contributed by atoms with van der Waals surface area (Å²) in [7, 11) is 0. The van der Waals surface area contributed by atoms with E-state index in [1.54, 1.807) is 36.4 Å². The number of rotatable bonds is 6. The third-order valence-electron chi connectivity index (χ3n) is 8.20. The number of nitriles is 2. The van der Waals surface area contributed by atoms with Crippen molar-refractivity contribution < 1.29 is 8.78 Å². The van der Waals surface area contributed by atoms with E-state index in [1.165, 1.54) is 12.1 Å². The van der Waals surface area contributed by atoms with E-state index >= 15 is 8.78 Å². The molecule has 6 rings (SSSR count). The lowest BCUT2D eigenvalue weighted by molar-refractivity contribution is 0.627. The molecule has 0 aliphatic heterocycles. The average Bonchev–Trinajstić information content (AvgIpc) is 3.09. The minimum Gasteiger partial charge on any atom is -0.319 e. The maximum Gasteiger partial charge on any atom is 0.131 e. The number of hydrogen-bond acceptors (Lipinski definition) is 4. The highest BCUT2D eigenvalue weighted by Gasteiger charge is 2.13. The van der Waals surface area contributed by atoms with E-state index in [0.717, 1.165) is 55.6 Å². The first-order valence-electron chi connectivity index (χ1n) is 15.4. The van der Waals surface area contributed by atoms with E-state index in [1.807, 2.05) is 86.6 Å². The van der Waals surface area contributed by atoms with Gasteiger partial charge in [-0.2, -0.15) is 10.5 Å². The van der Waals surface area contributed by atoms with Crippen molar-refractivity contribution in [3.8, 4) is 56.6 Å². The molecule has 0 atom stereocenters. The fourth-order valence-corrected chi connectivity index (χ4v) is 5.80. The Morgan fingerprint density at radius 1 is 0.479 bits per heavy atom. The summed E-state index contributed by atoms with van der Waals surface area (Å²) in [5.41, 5.74) is 20.7. The van der Waals surface area contributed by atoms with Gasteiger partial charge in [0.25, 0.3) is 0 Å². The maximum absolute atomic E-state index is 15.4. The molecule has 0 saturated heterocycles. The minimum atomic E-state index is -0.326. The zero-order chi connectivity index (χ0) is 34.2. The molecule has 0 spiro atoms. The molecular weight excluding hydrogens is 598 g/mol. The number of nitrogens with zero attached hydrogens (tertiary/aromatic N) is 2. The maximum atomic E-state index is 15.4. The molecule has 4 N–H and O–H groups in total. The van der Waals surface area contributed by atoms with Gasteiger partial charge in [0.15, 0.2) is 0 Å². The van der Waals surface area contributed by atoms with Crippen LogP contribution in [0.3, 0.4) is 0 Å². The second kappa shape index (κ2) is 15.1. The topological polar surface area (TPSA) is 99.6 Å². The lowest BCUT2D eigenvalue weighted by Crippen LogP contribution is -2.08. The first-order valence-corrected chi connectivity index (χ1v) is 15.4. The molecule has 6 aromatic carbocycles. The van der Waals surface area contributed by atoms with E-state index in [0.29, 0.717) is 28.7 Å². The van der Waals surface area contributed by atoms with E-state index in [9.17, 15) is 0 Å². The minimum absolute atomic E-state index is 0.250. The van der Waals surface area contributed by atoms with Gasteiger partial charge >= 0.3 is 0 Å². The first kappa shape index (κ1) is 33.4. The fraction of sp³-hybridized carbons (Fsp3) is 0.0952. The molecule has 0 saturated carbocycles. The fourth-order valence-electron chi connectivity index (χ4n) is 5.80. The van der Waals surface area contributed by atoms with Crippen LogP contribution in [0.4, 0.5) is 8.78 Å². The van der Waals surface area contributed by atoms with E-state index < -0.39 is 0 Å². The summed E-state index contributed by atoms with van der Waals surface area (Å²) in [6.07, 6.45) is 0.404. The second-order valence-electron chi connectivity index (χ2n) is 11.5. The van der Waals surface area contributed by atoms with Crippen LogP contribution in [-0.2, 0) is 6.42 Å². The Kier molecular flexibility index (Phi) is 10.5. The molecule has 4 nitrogen and oxygen atoms in total. The highest BCUT2D eigenvalue weighted by molar-refractivity contribution is 5.75. The zero-order valence-electron chi connectivity index (χ0n) is 26.8. The third kappa shape index (κ3) is 7.54. The standard InChI is InChI=1S/C41H28F2N2.CH6N2/c1-26-19-34(13-17-36(26)32-9-3-28(24-44)4-10-32)38-15-7-30(22-40(38)42)21-31-8-16-39(41(43)23-31)35-14-18-37(27(2)20-35)33-11-5-29(25-45)6-12-33;2-1-3/h3-20,22-23H,21H2,1-2H3;1-3H2. The smallest absolute Gasteiger partial charge is 0.131 e. The molecule has 0 aliphatic rings. The van der Waals surface area contributed by atoms with Crippen molar-refractivity contribution in [3.63, 3.8) is 0 Å². The summed E-state index contributed by atoms with van der Waals surface area (Å²) in [5, 5.41) is 18.1.